The van der Waals surface area contributed by atoms with Crippen LogP contribution >= 0.6 is 0 Å². The van der Waals surface area contributed by atoms with Crippen LogP contribution < -0.4 is 16.3 Å². The van der Waals surface area contributed by atoms with E-state index in [0.29, 0.717) is 5.82 Å². The highest BCUT2D eigenvalue weighted by molar-refractivity contribution is 5.95. The number of anilines is 1. The molecule has 0 aliphatic rings. The molecule has 10 nitrogen and oxygen atoms in total. The molecule has 110 valence electrons. The Bertz CT molecular complexity index is 734. The fourth-order valence-electron chi connectivity index (χ4n) is 1.69. The van der Waals surface area contributed by atoms with Crippen molar-refractivity contribution >= 4 is 17.3 Å². The average molecular weight is 292 g/mol. The largest absolute Gasteiger partial charge is 0.372 e. The van der Waals surface area contributed by atoms with Crippen molar-refractivity contribution in [3.05, 3.63) is 50.2 Å². The van der Waals surface area contributed by atoms with Crippen LogP contribution in [0, 0.1) is 10.1 Å². The third kappa shape index (κ3) is 3.23. The minimum atomic E-state index is -0.595. The Hall–Kier alpha value is -3.17. The van der Waals surface area contributed by atoms with E-state index in [1.165, 1.54) is 25.2 Å². The van der Waals surface area contributed by atoms with Gasteiger partial charge in [0.1, 0.15) is 11.5 Å². The van der Waals surface area contributed by atoms with Crippen molar-refractivity contribution < 1.29 is 9.72 Å². The molecule has 0 aliphatic carbocycles. The van der Waals surface area contributed by atoms with E-state index in [1.807, 2.05) is 0 Å². The van der Waals surface area contributed by atoms with Gasteiger partial charge in [0.15, 0.2) is 0 Å². The molecule has 0 bridgehead atoms. The second-order valence-corrected chi connectivity index (χ2v) is 4.05. The van der Waals surface area contributed by atoms with E-state index in [9.17, 15) is 19.7 Å². The SMILES string of the molecule is CNC(=O)c1ccc(NCc2n[nH]c(=O)[nH]2)c([N+](=O)[O-])c1. The number of nitro benzene ring substituents is 1. The number of nitrogens with zero attached hydrogens (tertiary/aromatic N) is 2. The van der Waals surface area contributed by atoms with E-state index in [2.05, 4.69) is 25.8 Å². The smallest absolute Gasteiger partial charge is 0.340 e. The average Bonchev–Trinajstić information content (AvgIpc) is 2.89. The van der Waals surface area contributed by atoms with Gasteiger partial charge in [0.25, 0.3) is 11.6 Å². The summed E-state index contributed by atoms with van der Waals surface area (Å²) in [7, 11) is 1.44. The van der Waals surface area contributed by atoms with Gasteiger partial charge < -0.3 is 10.6 Å². The number of rotatable bonds is 5. The summed E-state index contributed by atoms with van der Waals surface area (Å²) in [6, 6.07) is 4.06. The molecule has 0 saturated heterocycles. The molecular weight excluding hydrogens is 280 g/mol. The molecule has 0 fully saturated rings. The van der Waals surface area contributed by atoms with Crippen LogP contribution in [0.5, 0.6) is 0 Å². The van der Waals surface area contributed by atoms with Crippen molar-refractivity contribution in [2.45, 2.75) is 6.54 Å². The van der Waals surface area contributed by atoms with Gasteiger partial charge in [-0.2, -0.15) is 5.10 Å². The number of aromatic amines is 2. The standard InChI is InChI=1S/C11H12N6O4/c1-12-10(18)6-2-3-7(8(4-6)17(20)21)13-5-9-14-11(19)16-15-9/h2-4,13H,5H2,1H3,(H,12,18)(H2,14,15,16,19). The maximum absolute atomic E-state index is 11.5. The monoisotopic (exact) mass is 292 g/mol. The minimum absolute atomic E-state index is 0.0961. The van der Waals surface area contributed by atoms with E-state index >= 15 is 0 Å². The van der Waals surface area contributed by atoms with Crippen molar-refractivity contribution in [3.8, 4) is 0 Å². The van der Waals surface area contributed by atoms with E-state index in [0.717, 1.165) is 0 Å². The predicted molar refractivity (Wildman–Crippen MR) is 73.0 cm³/mol. The highest BCUT2D eigenvalue weighted by atomic mass is 16.6. The number of benzene rings is 1. The number of amides is 1. The molecule has 10 heteroatoms. The lowest BCUT2D eigenvalue weighted by Gasteiger charge is -2.07. The molecule has 0 unspecified atom stereocenters. The lowest BCUT2D eigenvalue weighted by atomic mass is 10.1. The Morgan fingerprint density at radius 3 is 2.81 bits per heavy atom. The molecule has 0 saturated carbocycles. The first-order valence-electron chi connectivity index (χ1n) is 5.89. The van der Waals surface area contributed by atoms with E-state index in [4.69, 9.17) is 0 Å². The Balaban J connectivity index is 2.24. The first kappa shape index (κ1) is 14.2. The number of nitrogens with one attached hydrogen (secondary N) is 4. The summed E-state index contributed by atoms with van der Waals surface area (Å²) in [6.45, 7) is 0.0961. The second-order valence-electron chi connectivity index (χ2n) is 4.05. The van der Waals surface area contributed by atoms with Gasteiger partial charge in [-0.05, 0) is 12.1 Å². The quantitative estimate of drug-likeness (QED) is 0.450. The molecule has 1 aromatic heterocycles. The van der Waals surface area contributed by atoms with Crippen molar-refractivity contribution in [2.24, 2.45) is 0 Å². The van der Waals surface area contributed by atoms with Gasteiger partial charge >= 0.3 is 5.69 Å². The first-order chi connectivity index (χ1) is 10.0. The molecule has 2 aromatic rings. The van der Waals surface area contributed by atoms with Crippen LogP contribution in [0.2, 0.25) is 0 Å². The molecule has 1 heterocycles. The van der Waals surface area contributed by atoms with Crippen LogP contribution in [0.4, 0.5) is 11.4 Å². The lowest BCUT2D eigenvalue weighted by Crippen LogP contribution is -2.18. The third-order valence-electron chi connectivity index (χ3n) is 2.68. The zero-order valence-electron chi connectivity index (χ0n) is 11.0. The number of hydrogen-bond acceptors (Lipinski definition) is 6. The van der Waals surface area contributed by atoms with Gasteiger partial charge in [-0.15, -0.1) is 0 Å². The van der Waals surface area contributed by atoms with Gasteiger partial charge in [0.05, 0.1) is 11.5 Å². The molecular formula is C11H12N6O4. The number of hydrogen-bond donors (Lipinski definition) is 4. The highest BCUT2D eigenvalue weighted by Gasteiger charge is 2.17. The molecule has 21 heavy (non-hydrogen) atoms. The molecule has 1 aromatic carbocycles. The number of H-pyrrole nitrogens is 2. The zero-order valence-corrected chi connectivity index (χ0v) is 11.0. The Labute approximate surface area is 117 Å². The van der Waals surface area contributed by atoms with Crippen LogP contribution in [-0.2, 0) is 6.54 Å². The van der Waals surface area contributed by atoms with Gasteiger partial charge in [-0.1, -0.05) is 0 Å². The van der Waals surface area contributed by atoms with Crippen molar-refractivity contribution in [2.75, 3.05) is 12.4 Å². The van der Waals surface area contributed by atoms with Crippen LogP contribution in [0.25, 0.3) is 0 Å². The minimum Gasteiger partial charge on any atom is -0.372 e. The van der Waals surface area contributed by atoms with Crippen LogP contribution in [0.1, 0.15) is 16.2 Å². The highest BCUT2D eigenvalue weighted by Crippen LogP contribution is 2.25. The summed E-state index contributed by atoms with van der Waals surface area (Å²) < 4.78 is 0. The summed E-state index contributed by atoms with van der Waals surface area (Å²) in [5.41, 5.74) is -0.301. The van der Waals surface area contributed by atoms with Crippen molar-refractivity contribution in [3.63, 3.8) is 0 Å². The number of nitro groups is 1. The molecule has 0 spiro atoms. The molecule has 0 atom stereocenters. The summed E-state index contributed by atoms with van der Waals surface area (Å²) in [5, 5.41) is 22.1. The van der Waals surface area contributed by atoms with Gasteiger partial charge in [0.2, 0.25) is 0 Å². The lowest BCUT2D eigenvalue weighted by molar-refractivity contribution is -0.384. The number of aromatic nitrogens is 3. The van der Waals surface area contributed by atoms with Crippen molar-refractivity contribution in [1.82, 2.24) is 20.5 Å². The maximum atomic E-state index is 11.5. The number of carbonyl (C=O) groups excluding carboxylic acids is 1. The Kier molecular flexibility index (Phi) is 3.97. The summed E-state index contributed by atoms with van der Waals surface area (Å²) in [4.78, 5) is 35.2. The zero-order chi connectivity index (χ0) is 15.4. The molecule has 4 N–H and O–H groups in total. The van der Waals surface area contributed by atoms with Gasteiger partial charge in [-0.25, -0.2) is 9.89 Å². The summed E-state index contributed by atoms with van der Waals surface area (Å²) >= 11 is 0. The summed E-state index contributed by atoms with van der Waals surface area (Å²) in [6.07, 6.45) is 0. The van der Waals surface area contributed by atoms with E-state index < -0.39 is 16.5 Å². The molecule has 1 amide bonds. The van der Waals surface area contributed by atoms with Crippen LogP contribution in [0.15, 0.2) is 23.0 Å². The van der Waals surface area contributed by atoms with Crippen molar-refractivity contribution in [1.29, 1.82) is 0 Å². The van der Waals surface area contributed by atoms with E-state index in [-0.39, 0.29) is 23.5 Å². The fourth-order valence-corrected chi connectivity index (χ4v) is 1.69. The second kappa shape index (κ2) is 5.86. The Morgan fingerprint density at radius 2 is 2.24 bits per heavy atom. The van der Waals surface area contributed by atoms with Gasteiger partial charge in [-0.3, -0.25) is 19.9 Å². The fraction of sp³-hybridized carbons (Fsp3) is 0.182. The third-order valence-corrected chi connectivity index (χ3v) is 2.68. The van der Waals surface area contributed by atoms with Gasteiger partial charge in [0, 0.05) is 18.7 Å². The van der Waals surface area contributed by atoms with Crippen LogP contribution in [0.3, 0.4) is 0 Å². The first-order valence-corrected chi connectivity index (χ1v) is 5.89. The van der Waals surface area contributed by atoms with E-state index in [1.54, 1.807) is 0 Å². The predicted octanol–water partition coefficient (Wildman–Crippen LogP) is -0.0221. The molecule has 0 radical (unpaired) electrons. The topological polar surface area (TPSA) is 146 Å². The summed E-state index contributed by atoms with van der Waals surface area (Å²) in [5.74, 6) is -0.106. The molecule has 0 aliphatic heterocycles. The Morgan fingerprint density at radius 1 is 1.48 bits per heavy atom. The normalized spacial score (nSPS) is 10.1. The number of carbonyl (C=O) groups is 1. The van der Waals surface area contributed by atoms with Crippen LogP contribution in [-0.4, -0.2) is 33.1 Å². The molecule has 2 rings (SSSR count). The maximum Gasteiger partial charge on any atom is 0.340 e.